The van der Waals surface area contributed by atoms with E-state index < -0.39 is 15.9 Å². The van der Waals surface area contributed by atoms with Crippen LogP contribution in [0.3, 0.4) is 0 Å². The Balaban J connectivity index is 0.00000361. The molecule has 10 atom stereocenters. The maximum Gasteiger partial charge on any atom is 0.266 e. The van der Waals surface area contributed by atoms with E-state index >= 15 is 0 Å². The molecule has 36 heavy (non-hydrogen) atoms. The smallest absolute Gasteiger partial charge is 0.266 e. The lowest BCUT2D eigenvalue weighted by Gasteiger charge is -2.62. The van der Waals surface area contributed by atoms with E-state index in [4.69, 9.17) is 4.55 Å². The van der Waals surface area contributed by atoms with Gasteiger partial charge in [0.25, 0.3) is 10.1 Å². The number of hydrogen-bond acceptors (Lipinski definition) is 6. The van der Waals surface area contributed by atoms with E-state index in [9.17, 15) is 23.4 Å². The van der Waals surface area contributed by atoms with Crippen LogP contribution in [0.4, 0.5) is 0 Å². The van der Waals surface area contributed by atoms with Crippen molar-refractivity contribution in [1.82, 2.24) is 11.1 Å². The number of fused-ring (bicyclic) bond motifs is 5. The molecule has 4 fully saturated rings. The van der Waals surface area contributed by atoms with Gasteiger partial charge < -0.3 is 21.3 Å². The first-order valence-corrected chi connectivity index (χ1v) is 15.4. The number of amides is 1. The van der Waals surface area contributed by atoms with E-state index in [1.54, 1.807) is 7.05 Å². The maximum absolute atomic E-state index is 12.6. The average Bonchev–Trinajstić information content (AvgIpc) is 3.13. The van der Waals surface area contributed by atoms with E-state index in [-0.39, 0.29) is 41.6 Å². The van der Waals surface area contributed by atoms with Crippen LogP contribution in [-0.2, 0) is 14.9 Å². The summed E-state index contributed by atoms with van der Waals surface area (Å²) in [5.41, 5.74) is 0.409. The van der Waals surface area contributed by atoms with Gasteiger partial charge in [-0.05, 0) is 104 Å². The van der Waals surface area contributed by atoms with E-state index in [1.807, 2.05) is 0 Å². The van der Waals surface area contributed by atoms with Gasteiger partial charge in [0.2, 0.25) is 5.91 Å². The first-order valence-electron chi connectivity index (χ1n) is 13.8. The predicted octanol–water partition coefficient (Wildman–Crippen LogP) is 3.90. The topological polar surface area (TPSA) is 150 Å². The number of aliphatic hydroxyl groups is 2. The minimum Gasteiger partial charge on any atom is -0.393 e. The predicted molar refractivity (Wildman–Crippen MR) is 140 cm³/mol. The molecular formula is C27H50N2O6S. The van der Waals surface area contributed by atoms with Crippen LogP contribution in [0, 0.1) is 46.3 Å². The lowest BCUT2D eigenvalue weighted by Crippen LogP contribution is -2.58. The fourth-order valence-electron chi connectivity index (χ4n) is 9.30. The Labute approximate surface area is 217 Å². The van der Waals surface area contributed by atoms with Gasteiger partial charge in [0.1, 0.15) is 0 Å². The number of carbonyl (C=O) groups excluding carboxylic acids is 1. The van der Waals surface area contributed by atoms with Crippen LogP contribution in [0.15, 0.2) is 0 Å². The fraction of sp³-hybridized carbons (Fsp3) is 0.963. The second-order valence-electron chi connectivity index (χ2n) is 13.1. The van der Waals surface area contributed by atoms with Crippen molar-refractivity contribution in [2.45, 2.75) is 97.2 Å². The zero-order chi connectivity index (χ0) is 25.8. The first kappa shape index (κ1) is 29.8. The number of rotatable bonds is 7. The van der Waals surface area contributed by atoms with Crippen LogP contribution >= 0.6 is 0 Å². The maximum atomic E-state index is 12.6. The standard InChI is InChI=1S/C27H47NO6S.H3N/c1-17(5-8-24(31)28(4)13-14-35(32,33)34)20-6-7-21-25-22(10-12-27(20,21)3)26(2)11-9-19(29)15-18(26)16-23(25)30;/h17-23,25,29-30H,5-16H2,1-4H3,(H,32,33,34);1H3/t17-,18?,19-,20-,21?,22?,23-,25?,26+,27-;/m1./s1. The second-order valence-corrected chi connectivity index (χ2v) is 14.6. The van der Waals surface area contributed by atoms with Crippen LogP contribution in [0.1, 0.15) is 85.0 Å². The van der Waals surface area contributed by atoms with Crippen molar-refractivity contribution in [1.29, 1.82) is 0 Å². The molecule has 0 bridgehead atoms. The highest BCUT2D eigenvalue weighted by atomic mass is 32.2. The Bertz CT molecular complexity index is 899. The Morgan fingerprint density at radius 2 is 1.67 bits per heavy atom. The summed E-state index contributed by atoms with van der Waals surface area (Å²) in [7, 11) is -2.48. The quantitative estimate of drug-likeness (QED) is 0.364. The molecule has 1 amide bonds. The van der Waals surface area contributed by atoms with E-state index in [0.29, 0.717) is 41.9 Å². The zero-order valence-corrected chi connectivity index (χ0v) is 23.5. The van der Waals surface area contributed by atoms with Gasteiger partial charge in [-0.25, -0.2) is 0 Å². The SMILES string of the molecule is C[C@H](CCC(=O)N(C)CCS(=O)(=O)O)[C@H]1CCC2C3C(CC[C@@]21C)[C@@]1(C)CC[C@@H](O)CC1C[C@H]3O.N. The number of aliphatic hydroxyl groups excluding tert-OH is 2. The molecule has 0 aromatic heterocycles. The Morgan fingerprint density at radius 1 is 1.03 bits per heavy atom. The zero-order valence-electron chi connectivity index (χ0n) is 22.7. The van der Waals surface area contributed by atoms with Crippen LogP contribution in [-0.4, -0.2) is 65.5 Å². The van der Waals surface area contributed by atoms with Crippen LogP contribution in [0.25, 0.3) is 0 Å². The third kappa shape index (κ3) is 5.51. The normalized spacial score (nSPS) is 42.9. The summed E-state index contributed by atoms with van der Waals surface area (Å²) in [6.07, 6.45) is 8.91. The molecule has 0 saturated heterocycles. The van der Waals surface area contributed by atoms with E-state index in [1.165, 1.54) is 11.3 Å². The Hall–Kier alpha value is -0.740. The Morgan fingerprint density at radius 3 is 2.33 bits per heavy atom. The van der Waals surface area contributed by atoms with Crippen molar-refractivity contribution in [2.24, 2.45) is 46.3 Å². The molecule has 4 saturated carbocycles. The third-order valence-corrected chi connectivity index (χ3v) is 12.0. The molecule has 0 aromatic carbocycles. The molecular weight excluding hydrogens is 480 g/mol. The van der Waals surface area contributed by atoms with Gasteiger partial charge >= 0.3 is 0 Å². The lowest BCUT2D eigenvalue weighted by molar-refractivity contribution is -0.174. The molecule has 4 unspecified atom stereocenters. The van der Waals surface area contributed by atoms with Crippen LogP contribution < -0.4 is 6.15 Å². The first-order chi connectivity index (χ1) is 16.3. The summed E-state index contributed by atoms with van der Waals surface area (Å²) in [4.78, 5) is 14.0. The Kier molecular flexibility index (Phi) is 8.94. The van der Waals surface area contributed by atoms with Crippen molar-refractivity contribution in [3.05, 3.63) is 0 Å². The molecule has 0 aromatic rings. The minimum atomic E-state index is -4.07. The van der Waals surface area contributed by atoms with Crippen LogP contribution in [0.5, 0.6) is 0 Å². The molecule has 4 rings (SSSR count). The van der Waals surface area contributed by atoms with Gasteiger partial charge in [-0.15, -0.1) is 0 Å². The highest BCUT2D eigenvalue weighted by Crippen LogP contribution is 2.68. The van der Waals surface area contributed by atoms with E-state index in [0.717, 1.165) is 51.4 Å². The van der Waals surface area contributed by atoms with Gasteiger partial charge in [-0.1, -0.05) is 20.8 Å². The van der Waals surface area contributed by atoms with Crippen molar-refractivity contribution in [3.8, 4) is 0 Å². The van der Waals surface area contributed by atoms with Gasteiger partial charge in [-0.3, -0.25) is 9.35 Å². The molecule has 0 spiro atoms. The summed E-state index contributed by atoms with van der Waals surface area (Å²) >= 11 is 0. The molecule has 9 heteroatoms. The third-order valence-electron chi connectivity index (χ3n) is 11.3. The van der Waals surface area contributed by atoms with Crippen molar-refractivity contribution >= 4 is 16.0 Å². The highest BCUT2D eigenvalue weighted by Gasteiger charge is 2.62. The van der Waals surface area contributed by atoms with Crippen molar-refractivity contribution in [2.75, 3.05) is 19.3 Å². The van der Waals surface area contributed by atoms with Crippen LogP contribution in [0.2, 0.25) is 0 Å². The molecule has 0 aliphatic heterocycles. The van der Waals surface area contributed by atoms with Gasteiger partial charge in [0, 0.05) is 20.0 Å². The molecule has 0 heterocycles. The average molecular weight is 531 g/mol. The summed E-state index contributed by atoms with van der Waals surface area (Å²) in [5, 5.41) is 21.7. The summed E-state index contributed by atoms with van der Waals surface area (Å²) in [5.74, 6) is 2.21. The minimum absolute atomic E-state index is 0. The monoisotopic (exact) mass is 530 g/mol. The second kappa shape index (κ2) is 10.8. The number of hydrogen-bond donors (Lipinski definition) is 4. The summed E-state index contributed by atoms with van der Waals surface area (Å²) in [6, 6.07) is 0. The lowest BCUT2D eigenvalue weighted by atomic mass is 9.43. The molecule has 6 N–H and O–H groups in total. The van der Waals surface area contributed by atoms with Gasteiger partial charge in [-0.2, -0.15) is 8.42 Å². The number of carbonyl (C=O) groups is 1. The summed E-state index contributed by atoms with van der Waals surface area (Å²) in [6.45, 7) is 7.14. The van der Waals surface area contributed by atoms with Gasteiger partial charge in [0.05, 0.1) is 18.0 Å². The molecule has 4 aliphatic carbocycles. The van der Waals surface area contributed by atoms with Gasteiger partial charge in [0.15, 0.2) is 0 Å². The summed E-state index contributed by atoms with van der Waals surface area (Å²) < 4.78 is 30.9. The van der Waals surface area contributed by atoms with Crippen molar-refractivity contribution < 1.29 is 28.0 Å². The molecule has 4 aliphatic rings. The largest absolute Gasteiger partial charge is 0.393 e. The molecule has 8 nitrogen and oxygen atoms in total. The van der Waals surface area contributed by atoms with Crippen molar-refractivity contribution in [3.63, 3.8) is 0 Å². The highest BCUT2D eigenvalue weighted by molar-refractivity contribution is 7.85. The fourth-order valence-corrected chi connectivity index (χ4v) is 9.80. The number of nitrogens with zero attached hydrogens (tertiary/aromatic N) is 1. The molecule has 210 valence electrons. The molecule has 0 radical (unpaired) electrons. The van der Waals surface area contributed by atoms with E-state index in [2.05, 4.69) is 20.8 Å².